The summed E-state index contributed by atoms with van der Waals surface area (Å²) in [6.07, 6.45) is 5.16. The number of piperidine rings is 1. The molecule has 4 rings (SSSR count). The smallest absolute Gasteiger partial charge is 0.239 e. The van der Waals surface area contributed by atoms with Gasteiger partial charge in [-0.3, -0.25) is 4.79 Å². The highest BCUT2D eigenvalue weighted by molar-refractivity contribution is 5.87. The zero-order valence-corrected chi connectivity index (χ0v) is 15.7. The number of rotatable bonds is 5. The number of hydrogen-bond acceptors (Lipinski definition) is 6. The molecule has 1 amide bonds. The molecule has 29 heavy (non-hydrogen) atoms. The lowest BCUT2D eigenvalue weighted by Crippen LogP contribution is -2.49. The van der Waals surface area contributed by atoms with E-state index in [2.05, 4.69) is 30.5 Å². The van der Waals surface area contributed by atoms with Gasteiger partial charge in [0.05, 0.1) is 17.6 Å². The minimum absolute atomic E-state index is 0.0232. The molecule has 8 nitrogen and oxygen atoms in total. The van der Waals surface area contributed by atoms with Crippen molar-refractivity contribution in [2.24, 2.45) is 0 Å². The molecular formula is C20H20FN7O. The predicted octanol–water partition coefficient (Wildman–Crippen LogP) is 2.17. The van der Waals surface area contributed by atoms with Gasteiger partial charge < -0.3 is 20.5 Å². The van der Waals surface area contributed by atoms with Crippen LogP contribution in [0.25, 0.3) is 11.0 Å². The largest absolute Gasteiger partial charge is 0.375 e. The first kappa shape index (κ1) is 18.7. The second kappa shape index (κ2) is 8.14. The maximum atomic E-state index is 13.7. The summed E-state index contributed by atoms with van der Waals surface area (Å²) in [5.74, 6) is 0.0352. The van der Waals surface area contributed by atoms with E-state index in [4.69, 9.17) is 5.26 Å². The number of amides is 1. The molecule has 9 heteroatoms. The molecule has 3 heterocycles. The van der Waals surface area contributed by atoms with Crippen LogP contribution < -0.4 is 15.5 Å². The van der Waals surface area contributed by atoms with E-state index < -0.39 is 5.82 Å². The summed E-state index contributed by atoms with van der Waals surface area (Å²) >= 11 is 0. The molecule has 0 bridgehead atoms. The number of carbonyl (C=O) groups excluding carboxylic acids is 1. The van der Waals surface area contributed by atoms with Crippen molar-refractivity contribution >= 4 is 28.4 Å². The Morgan fingerprint density at radius 2 is 2.28 bits per heavy atom. The summed E-state index contributed by atoms with van der Waals surface area (Å²) in [6.45, 7) is 1.47. The average Bonchev–Trinajstić information content (AvgIpc) is 3.21. The van der Waals surface area contributed by atoms with Gasteiger partial charge in [0, 0.05) is 25.3 Å². The highest BCUT2D eigenvalue weighted by Gasteiger charge is 2.24. The van der Waals surface area contributed by atoms with Crippen molar-refractivity contribution in [3.05, 3.63) is 48.2 Å². The first-order valence-corrected chi connectivity index (χ1v) is 9.40. The fourth-order valence-corrected chi connectivity index (χ4v) is 3.64. The van der Waals surface area contributed by atoms with Crippen LogP contribution in [0.15, 0.2) is 36.8 Å². The fraction of sp³-hybridized carbons (Fsp3) is 0.300. The first-order valence-electron chi connectivity index (χ1n) is 9.40. The third-order valence-corrected chi connectivity index (χ3v) is 4.98. The number of carbonyl (C=O) groups is 1. The molecule has 0 spiro atoms. The molecule has 1 atom stereocenters. The summed E-state index contributed by atoms with van der Waals surface area (Å²) in [5.41, 5.74) is 1.00. The Labute approximate surface area is 166 Å². The third-order valence-electron chi connectivity index (χ3n) is 4.98. The van der Waals surface area contributed by atoms with Crippen molar-refractivity contribution in [3.63, 3.8) is 0 Å². The van der Waals surface area contributed by atoms with E-state index in [1.54, 1.807) is 6.07 Å². The minimum atomic E-state index is -0.609. The number of fused-ring (bicyclic) bond motifs is 1. The van der Waals surface area contributed by atoms with Gasteiger partial charge in [0.25, 0.3) is 0 Å². The van der Waals surface area contributed by atoms with E-state index >= 15 is 0 Å². The SMILES string of the molecule is N#Cc1c(F)cccc1NCC(=O)N[C@@H]1CCCN(c2ncnc3[nH]ccc23)C1. The Kier molecular flexibility index (Phi) is 5.24. The highest BCUT2D eigenvalue weighted by atomic mass is 19.1. The van der Waals surface area contributed by atoms with E-state index in [1.807, 2.05) is 18.3 Å². The van der Waals surface area contributed by atoms with Gasteiger partial charge in [0.2, 0.25) is 5.91 Å². The van der Waals surface area contributed by atoms with Crippen LogP contribution in [0.2, 0.25) is 0 Å². The molecule has 1 aliphatic heterocycles. The van der Waals surface area contributed by atoms with Crippen LogP contribution in [0.4, 0.5) is 15.9 Å². The summed E-state index contributed by atoms with van der Waals surface area (Å²) in [4.78, 5) is 26.3. The van der Waals surface area contributed by atoms with Crippen LogP contribution in [0.5, 0.6) is 0 Å². The molecule has 1 saturated heterocycles. The lowest BCUT2D eigenvalue weighted by atomic mass is 10.1. The molecule has 0 saturated carbocycles. The molecule has 3 N–H and O–H groups in total. The van der Waals surface area contributed by atoms with Crippen LogP contribution in [0.3, 0.4) is 0 Å². The van der Waals surface area contributed by atoms with Crippen LogP contribution in [0.1, 0.15) is 18.4 Å². The monoisotopic (exact) mass is 393 g/mol. The number of aromatic nitrogens is 3. The number of benzene rings is 1. The van der Waals surface area contributed by atoms with Gasteiger partial charge in [-0.1, -0.05) is 6.07 Å². The van der Waals surface area contributed by atoms with Crippen molar-refractivity contribution in [1.29, 1.82) is 5.26 Å². The molecule has 1 aliphatic rings. The second-order valence-electron chi connectivity index (χ2n) is 6.92. The predicted molar refractivity (Wildman–Crippen MR) is 107 cm³/mol. The maximum absolute atomic E-state index is 13.7. The molecule has 148 valence electrons. The summed E-state index contributed by atoms with van der Waals surface area (Å²) in [7, 11) is 0. The van der Waals surface area contributed by atoms with Gasteiger partial charge in [-0.2, -0.15) is 5.26 Å². The van der Waals surface area contributed by atoms with Crippen LogP contribution in [0, 0.1) is 17.1 Å². The highest BCUT2D eigenvalue weighted by Crippen LogP contribution is 2.25. The summed E-state index contributed by atoms with van der Waals surface area (Å²) < 4.78 is 13.7. The van der Waals surface area contributed by atoms with Gasteiger partial charge in [0.15, 0.2) is 0 Å². The number of halogens is 1. The molecular weight excluding hydrogens is 373 g/mol. The Morgan fingerprint density at radius 1 is 1.38 bits per heavy atom. The molecule has 0 radical (unpaired) electrons. The Morgan fingerprint density at radius 3 is 3.14 bits per heavy atom. The van der Waals surface area contributed by atoms with E-state index in [-0.39, 0.29) is 24.1 Å². The Bertz CT molecular complexity index is 1070. The molecule has 2 aromatic heterocycles. The fourth-order valence-electron chi connectivity index (χ4n) is 3.64. The van der Waals surface area contributed by atoms with Crippen molar-refractivity contribution in [2.75, 3.05) is 29.9 Å². The van der Waals surface area contributed by atoms with E-state index in [9.17, 15) is 9.18 Å². The number of nitrogens with one attached hydrogen (secondary N) is 3. The van der Waals surface area contributed by atoms with Crippen LogP contribution in [-0.4, -0.2) is 46.5 Å². The van der Waals surface area contributed by atoms with E-state index in [0.717, 1.165) is 36.2 Å². The Balaban J connectivity index is 1.37. The molecule has 1 aromatic carbocycles. The van der Waals surface area contributed by atoms with Crippen molar-refractivity contribution in [3.8, 4) is 6.07 Å². The van der Waals surface area contributed by atoms with Crippen molar-refractivity contribution in [1.82, 2.24) is 20.3 Å². The zero-order valence-electron chi connectivity index (χ0n) is 15.7. The topological polar surface area (TPSA) is 110 Å². The molecule has 0 unspecified atom stereocenters. The number of anilines is 2. The van der Waals surface area contributed by atoms with E-state index in [1.165, 1.54) is 18.5 Å². The van der Waals surface area contributed by atoms with Gasteiger partial charge in [-0.15, -0.1) is 0 Å². The summed E-state index contributed by atoms with van der Waals surface area (Å²) in [5, 5.41) is 15.9. The third kappa shape index (κ3) is 3.96. The lowest BCUT2D eigenvalue weighted by Gasteiger charge is -2.34. The quantitative estimate of drug-likeness (QED) is 0.613. The maximum Gasteiger partial charge on any atom is 0.239 e. The molecule has 1 fully saturated rings. The normalized spacial score (nSPS) is 16.4. The number of aromatic amines is 1. The van der Waals surface area contributed by atoms with Crippen LogP contribution >= 0.6 is 0 Å². The van der Waals surface area contributed by atoms with Gasteiger partial charge >= 0.3 is 0 Å². The number of nitrogens with zero attached hydrogens (tertiary/aromatic N) is 4. The Hall–Kier alpha value is -3.67. The number of H-pyrrole nitrogens is 1. The molecule has 3 aromatic rings. The van der Waals surface area contributed by atoms with Crippen molar-refractivity contribution in [2.45, 2.75) is 18.9 Å². The minimum Gasteiger partial charge on any atom is -0.375 e. The summed E-state index contributed by atoms with van der Waals surface area (Å²) in [6, 6.07) is 8.03. The van der Waals surface area contributed by atoms with Crippen molar-refractivity contribution < 1.29 is 9.18 Å². The second-order valence-corrected chi connectivity index (χ2v) is 6.92. The van der Waals surface area contributed by atoms with E-state index in [0.29, 0.717) is 12.2 Å². The standard InChI is InChI=1S/C20H20FN7O/c21-16-4-1-5-17(15(16)9-22)24-10-18(29)27-13-3-2-8-28(11-13)20-14-6-7-23-19(14)25-12-26-20/h1,4-7,12-13,24H,2-3,8,10-11H2,(H,27,29)(H,23,25,26)/t13-/m1/s1. The van der Waals surface area contributed by atoms with Gasteiger partial charge in [0.1, 0.15) is 35.2 Å². The van der Waals surface area contributed by atoms with Gasteiger partial charge in [-0.05, 0) is 31.0 Å². The average molecular weight is 393 g/mol. The molecule has 0 aliphatic carbocycles. The zero-order chi connectivity index (χ0) is 20.2. The van der Waals surface area contributed by atoms with Crippen LogP contribution in [-0.2, 0) is 4.79 Å². The number of nitriles is 1. The van der Waals surface area contributed by atoms with Gasteiger partial charge in [-0.25, -0.2) is 14.4 Å². The first-order chi connectivity index (χ1) is 14.2. The lowest BCUT2D eigenvalue weighted by molar-refractivity contribution is -0.120. The number of hydrogen-bond donors (Lipinski definition) is 3.